The molecule has 38 heavy (non-hydrogen) atoms. The van der Waals surface area contributed by atoms with Crippen LogP contribution in [0.4, 0.5) is 20.5 Å². The second-order valence-corrected chi connectivity index (χ2v) is 9.41. The van der Waals surface area contributed by atoms with Gasteiger partial charge in [0.05, 0.1) is 43.9 Å². The maximum absolute atomic E-state index is 13.0. The van der Waals surface area contributed by atoms with E-state index < -0.39 is 12.0 Å². The average molecular weight is 530 g/mol. The third-order valence-electron chi connectivity index (χ3n) is 6.43. The van der Waals surface area contributed by atoms with Crippen molar-refractivity contribution in [2.45, 2.75) is 51.0 Å². The summed E-state index contributed by atoms with van der Waals surface area (Å²) in [7, 11) is 1.49. The van der Waals surface area contributed by atoms with E-state index in [-0.39, 0.29) is 43.2 Å². The fourth-order valence-electron chi connectivity index (χ4n) is 4.30. The molecule has 2 saturated heterocycles. The van der Waals surface area contributed by atoms with Gasteiger partial charge >= 0.3 is 0 Å². The lowest BCUT2D eigenvalue weighted by Crippen LogP contribution is -2.70. The molecule has 0 radical (unpaired) electrons. The Bertz CT molecular complexity index is 1280. The van der Waals surface area contributed by atoms with Gasteiger partial charge in [0.2, 0.25) is 5.95 Å². The summed E-state index contributed by atoms with van der Waals surface area (Å²) in [5, 5.41) is 9.96. The van der Waals surface area contributed by atoms with E-state index in [9.17, 15) is 13.6 Å². The molecule has 2 fully saturated rings. The standard InChI is InChI=1S/C23H29F2N11O2/c1-13-6-17(30-18-7-14(2)32-33-18)31-22(29-13)35-11-23(12-35,38-3)21(37)28-9-15-8-27-19(10-26-15)36-5-4-16(34-36)20(24)25/h4-6,8,10,14,18,20,32-33H,7,9,11-12H2,1-3H3,(H,28,37)(H,29,30,31). The van der Waals surface area contributed by atoms with E-state index in [0.29, 0.717) is 23.5 Å². The second-order valence-electron chi connectivity index (χ2n) is 9.41. The van der Waals surface area contributed by atoms with Crippen LogP contribution < -0.4 is 26.4 Å². The number of rotatable bonds is 9. The van der Waals surface area contributed by atoms with Crippen molar-refractivity contribution in [3.63, 3.8) is 0 Å². The summed E-state index contributed by atoms with van der Waals surface area (Å²) in [6, 6.07) is 3.45. The number of nitrogens with zero attached hydrogens (tertiary/aromatic N) is 7. The van der Waals surface area contributed by atoms with Gasteiger partial charge < -0.3 is 20.3 Å². The van der Waals surface area contributed by atoms with Gasteiger partial charge in [-0.1, -0.05) is 0 Å². The Kier molecular flexibility index (Phi) is 7.14. The number of hydrogen-bond acceptors (Lipinski definition) is 11. The van der Waals surface area contributed by atoms with Gasteiger partial charge in [-0.15, -0.1) is 0 Å². The first-order chi connectivity index (χ1) is 18.2. The molecule has 5 heterocycles. The van der Waals surface area contributed by atoms with E-state index in [4.69, 9.17) is 4.74 Å². The molecule has 3 aromatic rings. The van der Waals surface area contributed by atoms with E-state index in [2.05, 4.69) is 53.4 Å². The number of aromatic nitrogens is 6. The number of alkyl halides is 2. The fraction of sp³-hybridized carbons (Fsp3) is 0.478. The SMILES string of the molecule is COC1(C(=O)NCc2cnc(-n3ccc(C(F)F)n3)cn2)CN(c2nc(C)cc(NC3CC(C)NN3)n2)C1. The Morgan fingerprint density at radius 1 is 1.26 bits per heavy atom. The zero-order chi connectivity index (χ0) is 26.9. The number of carbonyl (C=O) groups excluding carboxylic acids is 1. The molecule has 3 aromatic heterocycles. The molecular weight excluding hydrogens is 500 g/mol. The van der Waals surface area contributed by atoms with Crippen LogP contribution in [0.25, 0.3) is 5.82 Å². The van der Waals surface area contributed by atoms with Crippen LogP contribution in [-0.2, 0) is 16.1 Å². The molecule has 2 aliphatic rings. The van der Waals surface area contributed by atoms with Gasteiger partial charge in [0.1, 0.15) is 11.5 Å². The number of hydrogen-bond donors (Lipinski definition) is 4. The molecule has 0 aromatic carbocycles. The van der Waals surface area contributed by atoms with Crippen LogP contribution in [0.3, 0.4) is 0 Å². The number of anilines is 2. The highest BCUT2D eigenvalue weighted by atomic mass is 19.3. The zero-order valence-electron chi connectivity index (χ0n) is 21.2. The molecule has 13 nitrogen and oxygen atoms in total. The van der Waals surface area contributed by atoms with Crippen LogP contribution in [-0.4, -0.2) is 73.6 Å². The van der Waals surface area contributed by atoms with Gasteiger partial charge in [0.25, 0.3) is 12.3 Å². The van der Waals surface area contributed by atoms with E-state index in [0.717, 1.165) is 12.1 Å². The van der Waals surface area contributed by atoms with Crippen LogP contribution in [0.2, 0.25) is 0 Å². The van der Waals surface area contributed by atoms with E-state index >= 15 is 0 Å². The second kappa shape index (κ2) is 10.5. The molecule has 4 N–H and O–H groups in total. The predicted molar refractivity (Wildman–Crippen MR) is 132 cm³/mol. The molecule has 1 amide bonds. The average Bonchev–Trinajstić information content (AvgIpc) is 3.52. The van der Waals surface area contributed by atoms with Crippen molar-refractivity contribution in [2.24, 2.45) is 0 Å². The number of amides is 1. The topological polar surface area (TPSA) is 147 Å². The predicted octanol–water partition coefficient (Wildman–Crippen LogP) is 0.844. The number of aryl methyl sites for hydroxylation is 1. The third-order valence-corrected chi connectivity index (χ3v) is 6.43. The highest BCUT2D eigenvalue weighted by Gasteiger charge is 2.51. The molecule has 5 rings (SSSR count). The molecule has 2 aliphatic heterocycles. The van der Waals surface area contributed by atoms with Crippen molar-refractivity contribution < 1.29 is 18.3 Å². The number of halogens is 2. The first-order valence-corrected chi connectivity index (χ1v) is 12.1. The molecular formula is C23H29F2N11O2. The minimum atomic E-state index is -2.67. The minimum Gasteiger partial charge on any atom is -0.365 e. The van der Waals surface area contributed by atoms with Gasteiger partial charge in [-0.25, -0.2) is 28.9 Å². The lowest BCUT2D eigenvalue weighted by atomic mass is 9.93. The van der Waals surface area contributed by atoms with Crippen molar-refractivity contribution >= 4 is 17.7 Å². The third kappa shape index (κ3) is 5.39. The largest absolute Gasteiger partial charge is 0.365 e. The molecule has 0 saturated carbocycles. The van der Waals surface area contributed by atoms with Gasteiger partial charge in [-0.2, -0.15) is 10.1 Å². The van der Waals surface area contributed by atoms with E-state index in [1.807, 2.05) is 17.9 Å². The van der Waals surface area contributed by atoms with Crippen molar-refractivity contribution in [3.8, 4) is 5.82 Å². The summed E-state index contributed by atoms with van der Waals surface area (Å²) >= 11 is 0. The minimum absolute atomic E-state index is 0.0548. The van der Waals surface area contributed by atoms with E-state index in [1.54, 1.807) is 0 Å². The Morgan fingerprint density at radius 2 is 2.08 bits per heavy atom. The van der Waals surface area contributed by atoms with Crippen LogP contribution in [0.1, 0.15) is 36.9 Å². The van der Waals surface area contributed by atoms with Crippen LogP contribution in [0.5, 0.6) is 0 Å². The number of hydrazine groups is 1. The summed E-state index contributed by atoms with van der Waals surface area (Å²) in [5.41, 5.74) is 6.25. The summed E-state index contributed by atoms with van der Waals surface area (Å²) in [6.45, 7) is 4.68. The molecule has 0 spiro atoms. The Balaban J connectivity index is 1.17. The molecule has 202 valence electrons. The number of nitrogens with one attached hydrogen (secondary N) is 4. The number of methoxy groups -OCH3 is 1. The van der Waals surface area contributed by atoms with Gasteiger partial charge in [0.15, 0.2) is 11.4 Å². The molecule has 2 atom stereocenters. The molecule has 2 unspecified atom stereocenters. The monoisotopic (exact) mass is 529 g/mol. The summed E-state index contributed by atoms with van der Waals surface area (Å²) < 4.78 is 32.3. The Hall–Kier alpha value is -3.82. The Morgan fingerprint density at radius 3 is 2.71 bits per heavy atom. The smallest absolute Gasteiger partial charge is 0.282 e. The quantitative estimate of drug-likeness (QED) is 0.313. The lowest BCUT2D eigenvalue weighted by Gasteiger charge is -2.47. The van der Waals surface area contributed by atoms with Crippen molar-refractivity contribution in [2.75, 3.05) is 30.4 Å². The summed E-state index contributed by atoms with van der Waals surface area (Å²) in [5.74, 6) is 1.21. The summed E-state index contributed by atoms with van der Waals surface area (Å²) in [6.07, 6.45) is 2.54. The van der Waals surface area contributed by atoms with Crippen LogP contribution >= 0.6 is 0 Å². The highest BCUT2D eigenvalue weighted by molar-refractivity contribution is 5.88. The van der Waals surface area contributed by atoms with Gasteiger partial charge in [-0.05, 0) is 26.3 Å². The maximum Gasteiger partial charge on any atom is 0.282 e. The van der Waals surface area contributed by atoms with Gasteiger partial charge in [0, 0.05) is 31.1 Å². The number of ether oxygens (including phenoxy) is 1. The fourth-order valence-corrected chi connectivity index (χ4v) is 4.30. The van der Waals surface area contributed by atoms with E-state index in [1.165, 1.54) is 36.4 Å². The van der Waals surface area contributed by atoms with Crippen LogP contribution in [0, 0.1) is 6.92 Å². The molecule has 15 heteroatoms. The highest BCUT2D eigenvalue weighted by Crippen LogP contribution is 2.29. The maximum atomic E-state index is 13.0. The zero-order valence-corrected chi connectivity index (χ0v) is 21.2. The normalized spacial score (nSPS) is 20.4. The summed E-state index contributed by atoms with van der Waals surface area (Å²) in [4.78, 5) is 32.5. The van der Waals surface area contributed by atoms with Crippen molar-refractivity contribution in [1.29, 1.82) is 0 Å². The molecule has 0 aliphatic carbocycles. The Labute approximate surface area is 217 Å². The van der Waals surface area contributed by atoms with Crippen molar-refractivity contribution in [1.82, 2.24) is 45.9 Å². The lowest BCUT2D eigenvalue weighted by molar-refractivity contribution is -0.146. The van der Waals surface area contributed by atoms with Crippen molar-refractivity contribution in [3.05, 3.63) is 47.8 Å². The first kappa shape index (κ1) is 25.8. The number of carbonyl (C=O) groups is 1. The van der Waals surface area contributed by atoms with Gasteiger partial charge in [-0.3, -0.25) is 15.2 Å². The first-order valence-electron chi connectivity index (χ1n) is 12.1. The molecule has 0 bridgehead atoms. The van der Waals surface area contributed by atoms with Crippen LogP contribution in [0.15, 0.2) is 30.7 Å².